The molecule has 2 aromatic carbocycles. The summed E-state index contributed by atoms with van der Waals surface area (Å²) in [6.45, 7) is 4.46. The maximum absolute atomic E-state index is 13.0. The Kier molecular flexibility index (Phi) is 6.75. The topological polar surface area (TPSA) is 34.1 Å². The van der Waals surface area contributed by atoms with Gasteiger partial charge in [0.25, 0.3) is 0 Å². The van der Waals surface area contributed by atoms with Crippen molar-refractivity contribution in [1.29, 1.82) is 0 Å². The average molecular weight is 385 g/mol. The van der Waals surface area contributed by atoms with E-state index in [0.29, 0.717) is 9.79 Å². The molecule has 0 saturated carbocycles. The van der Waals surface area contributed by atoms with Gasteiger partial charge in [-0.1, -0.05) is 76.6 Å². The van der Waals surface area contributed by atoms with Gasteiger partial charge < -0.3 is 0 Å². The lowest BCUT2D eigenvalue weighted by atomic mass is 9.89. The Morgan fingerprint density at radius 1 is 0.704 bits per heavy atom. The van der Waals surface area contributed by atoms with Crippen LogP contribution in [-0.2, 0) is 22.7 Å². The van der Waals surface area contributed by atoms with Gasteiger partial charge in [0.2, 0.25) is 9.84 Å². The Morgan fingerprint density at radius 3 is 2.07 bits per heavy atom. The molecule has 1 aliphatic rings. The molecule has 0 atom stereocenters. The lowest BCUT2D eigenvalue weighted by molar-refractivity contribution is 0.598. The van der Waals surface area contributed by atoms with Crippen LogP contribution >= 0.6 is 0 Å². The van der Waals surface area contributed by atoms with Crippen LogP contribution in [0.25, 0.3) is 11.1 Å². The highest BCUT2D eigenvalue weighted by Gasteiger charge is 2.34. The van der Waals surface area contributed by atoms with Crippen LogP contribution in [0.15, 0.2) is 46.2 Å². The second-order valence-corrected chi connectivity index (χ2v) is 9.58. The molecule has 1 heterocycles. The molecular weight excluding hydrogens is 352 g/mol. The van der Waals surface area contributed by atoms with Crippen molar-refractivity contribution in [2.24, 2.45) is 0 Å². The van der Waals surface area contributed by atoms with Crippen LogP contribution < -0.4 is 0 Å². The number of aryl methyl sites for hydroxylation is 1. The van der Waals surface area contributed by atoms with Gasteiger partial charge in [0.1, 0.15) is 0 Å². The second-order valence-electron chi connectivity index (χ2n) is 7.70. The Labute approximate surface area is 164 Å². The lowest BCUT2D eigenvalue weighted by Gasteiger charge is -2.15. The van der Waals surface area contributed by atoms with Gasteiger partial charge in [-0.15, -0.1) is 0 Å². The summed E-state index contributed by atoms with van der Waals surface area (Å²) < 4.78 is 26.0. The third-order valence-electron chi connectivity index (χ3n) is 5.69. The molecule has 0 unspecified atom stereocenters. The highest BCUT2D eigenvalue weighted by molar-refractivity contribution is 7.92. The normalized spacial score (nSPS) is 14.1. The summed E-state index contributed by atoms with van der Waals surface area (Å²) in [5, 5.41) is 0. The van der Waals surface area contributed by atoms with Gasteiger partial charge >= 0.3 is 0 Å². The fourth-order valence-corrected chi connectivity index (χ4v) is 5.91. The summed E-state index contributed by atoms with van der Waals surface area (Å²) in [6.07, 6.45) is 11.8. The lowest BCUT2D eigenvalue weighted by Crippen LogP contribution is -2.02. The standard InChI is InChI=1S/C24H32O2S/c1-3-5-7-9-13-19-17-18-23-24(20(19)14-10-8-6-4-2)21-15-11-12-16-22(21)27(23,25)26/h11-12,15-18H,3-10,13-14H2,1-2H3. The van der Waals surface area contributed by atoms with Gasteiger partial charge in [0.05, 0.1) is 9.79 Å². The monoisotopic (exact) mass is 384 g/mol. The molecule has 2 nitrogen and oxygen atoms in total. The second kappa shape index (κ2) is 9.05. The fourth-order valence-electron chi connectivity index (χ4n) is 4.21. The van der Waals surface area contributed by atoms with E-state index in [1.807, 2.05) is 24.3 Å². The molecule has 0 saturated heterocycles. The van der Waals surface area contributed by atoms with Crippen LogP contribution in [-0.4, -0.2) is 8.42 Å². The molecule has 27 heavy (non-hydrogen) atoms. The van der Waals surface area contributed by atoms with Crippen LogP contribution in [0.5, 0.6) is 0 Å². The maximum atomic E-state index is 13.0. The van der Waals surface area contributed by atoms with Crippen molar-refractivity contribution < 1.29 is 8.42 Å². The molecule has 2 aromatic rings. The first-order valence-electron chi connectivity index (χ1n) is 10.6. The van der Waals surface area contributed by atoms with Crippen molar-refractivity contribution in [1.82, 2.24) is 0 Å². The molecule has 0 amide bonds. The van der Waals surface area contributed by atoms with E-state index in [1.54, 1.807) is 6.07 Å². The first-order valence-corrected chi connectivity index (χ1v) is 12.1. The average Bonchev–Trinajstić information content (AvgIpc) is 2.91. The number of unbranched alkanes of at least 4 members (excludes halogenated alkanes) is 6. The number of rotatable bonds is 10. The summed E-state index contributed by atoms with van der Waals surface area (Å²) in [6, 6.07) is 11.5. The van der Waals surface area contributed by atoms with E-state index in [-0.39, 0.29) is 0 Å². The molecule has 1 aliphatic heterocycles. The van der Waals surface area contributed by atoms with E-state index in [9.17, 15) is 8.42 Å². The Balaban J connectivity index is 2.00. The molecule has 0 N–H and O–H groups in total. The first-order chi connectivity index (χ1) is 13.1. The largest absolute Gasteiger partial charge is 0.218 e. The number of benzene rings is 2. The van der Waals surface area contributed by atoms with E-state index >= 15 is 0 Å². The van der Waals surface area contributed by atoms with Crippen molar-refractivity contribution in [3.05, 3.63) is 47.5 Å². The zero-order valence-electron chi connectivity index (χ0n) is 16.8. The molecule has 0 aromatic heterocycles. The number of sulfone groups is 1. The van der Waals surface area contributed by atoms with E-state index in [1.165, 1.54) is 56.1 Å². The van der Waals surface area contributed by atoms with E-state index in [4.69, 9.17) is 0 Å². The molecule has 3 rings (SSSR count). The van der Waals surface area contributed by atoms with Crippen molar-refractivity contribution in [3.8, 4) is 11.1 Å². The highest BCUT2D eigenvalue weighted by Crippen LogP contribution is 2.46. The van der Waals surface area contributed by atoms with Crippen LogP contribution in [0.3, 0.4) is 0 Å². The van der Waals surface area contributed by atoms with Crippen LogP contribution in [0.4, 0.5) is 0 Å². The van der Waals surface area contributed by atoms with Crippen molar-refractivity contribution in [2.45, 2.75) is 87.8 Å². The van der Waals surface area contributed by atoms with Crippen molar-refractivity contribution in [2.75, 3.05) is 0 Å². The van der Waals surface area contributed by atoms with Crippen molar-refractivity contribution >= 4 is 9.84 Å². The van der Waals surface area contributed by atoms with Gasteiger partial charge in [-0.2, -0.15) is 0 Å². The fraction of sp³-hybridized carbons (Fsp3) is 0.500. The highest BCUT2D eigenvalue weighted by atomic mass is 32.2. The van der Waals surface area contributed by atoms with Gasteiger partial charge in [-0.25, -0.2) is 8.42 Å². The summed E-state index contributed by atoms with van der Waals surface area (Å²) in [5.74, 6) is 0. The Bertz CT molecular complexity index is 881. The number of hydrogen-bond donors (Lipinski definition) is 0. The van der Waals surface area contributed by atoms with E-state index < -0.39 is 9.84 Å². The smallest absolute Gasteiger partial charge is 0.207 e. The minimum absolute atomic E-state index is 0.484. The summed E-state index contributed by atoms with van der Waals surface area (Å²) in [5.41, 5.74) is 4.55. The van der Waals surface area contributed by atoms with E-state index in [2.05, 4.69) is 19.9 Å². The SMILES string of the molecule is CCCCCCc1ccc2c(c1CCCCCC)-c1ccccc1S2(=O)=O. The van der Waals surface area contributed by atoms with Crippen LogP contribution in [0.1, 0.15) is 76.3 Å². The minimum Gasteiger partial charge on any atom is -0.218 e. The first kappa shape index (κ1) is 20.1. The summed E-state index contributed by atoms with van der Waals surface area (Å²) in [7, 11) is -3.37. The zero-order chi connectivity index (χ0) is 19.3. The Hall–Kier alpha value is -1.61. The molecule has 0 fully saturated rings. The number of fused-ring (bicyclic) bond motifs is 3. The third kappa shape index (κ3) is 4.13. The maximum Gasteiger partial charge on any atom is 0.207 e. The quantitative estimate of drug-likeness (QED) is 0.362. The molecule has 0 bridgehead atoms. The molecule has 0 spiro atoms. The van der Waals surface area contributed by atoms with Crippen LogP contribution in [0.2, 0.25) is 0 Å². The number of hydrogen-bond acceptors (Lipinski definition) is 2. The third-order valence-corrected chi connectivity index (χ3v) is 7.54. The van der Waals surface area contributed by atoms with Gasteiger partial charge in [-0.05, 0) is 48.9 Å². The van der Waals surface area contributed by atoms with Crippen LogP contribution in [0, 0.1) is 0 Å². The molecule has 0 radical (unpaired) electrons. The summed E-state index contributed by atoms with van der Waals surface area (Å²) >= 11 is 0. The molecular formula is C24H32O2S. The molecule has 146 valence electrons. The minimum atomic E-state index is -3.37. The predicted octanol–water partition coefficient (Wildman–Crippen LogP) is 6.75. The predicted molar refractivity (Wildman–Crippen MR) is 113 cm³/mol. The molecule has 0 aliphatic carbocycles. The zero-order valence-corrected chi connectivity index (χ0v) is 17.6. The van der Waals surface area contributed by atoms with Gasteiger partial charge in [0, 0.05) is 11.1 Å². The van der Waals surface area contributed by atoms with Gasteiger partial charge in [0.15, 0.2) is 0 Å². The molecule has 3 heteroatoms. The van der Waals surface area contributed by atoms with Crippen molar-refractivity contribution in [3.63, 3.8) is 0 Å². The summed E-state index contributed by atoms with van der Waals surface area (Å²) in [4.78, 5) is 1.00. The van der Waals surface area contributed by atoms with Gasteiger partial charge in [-0.3, -0.25) is 0 Å². The van der Waals surface area contributed by atoms with E-state index in [0.717, 1.165) is 30.4 Å². The Morgan fingerprint density at radius 2 is 1.37 bits per heavy atom.